The van der Waals surface area contributed by atoms with Crippen molar-refractivity contribution < 1.29 is 19.4 Å². The van der Waals surface area contributed by atoms with Crippen molar-refractivity contribution in [3.63, 3.8) is 0 Å². The number of hydrogen-bond donors (Lipinski definition) is 3. The van der Waals surface area contributed by atoms with Gasteiger partial charge in [0, 0.05) is 18.8 Å². The van der Waals surface area contributed by atoms with Gasteiger partial charge in [0.15, 0.2) is 12.2 Å². The third kappa shape index (κ3) is 4.57. The molecular formula is C17H22N4O4. The van der Waals surface area contributed by atoms with Crippen LogP contribution in [-0.4, -0.2) is 32.8 Å². The minimum absolute atomic E-state index is 0.328. The molecule has 1 aromatic carbocycles. The van der Waals surface area contributed by atoms with Gasteiger partial charge in [0.25, 0.3) is 11.8 Å². The summed E-state index contributed by atoms with van der Waals surface area (Å²) in [6, 6.07) is 5.57. The highest BCUT2D eigenvalue weighted by molar-refractivity contribution is 5.86. The third-order valence-corrected chi connectivity index (χ3v) is 3.83. The summed E-state index contributed by atoms with van der Waals surface area (Å²) in [5, 5.41) is 13.8. The molecule has 2 atom stereocenters. The first-order valence-corrected chi connectivity index (χ1v) is 7.78. The summed E-state index contributed by atoms with van der Waals surface area (Å²) in [4.78, 5) is 23.9. The average Bonchev–Trinajstić information content (AvgIpc) is 3.02. The Labute approximate surface area is 145 Å². The zero-order chi connectivity index (χ0) is 18.6. The second-order valence-electron chi connectivity index (χ2n) is 5.79. The smallest absolute Gasteiger partial charge is 0.279 e. The number of carbonyl (C=O) groups excluding carboxylic acids is 2. The molecule has 0 radical (unpaired) electrons. The van der Waals surface area contributed by atoms with Gasteiger partial charge in [-0.1, -0.05) is 12.1 Å². The van der Waals surface area contributed by atoms with E-state index in [2.05, 4.69) is 16.0 Å². The molecular weight excluding hydrogens is 324 g/mol. The number of benzene rings is 1. The van der Waals surface area contributed by atoms with Gasteiger partial charge in [0.05, 0.1) is 6.20 Å². The Hall–Kier alpha value is -2.87. The molecule has 1 aromatic heterocycles. The molecule has 2 amide bonds. The summed E-state index contributed by atoms with van der Waals surface area (Å²) in [7, 11) is 1.67. The van der Waals surface area contributed by atoms with Crippen LogP contribution in [0.2, 0.25) is 0 Å². The molecule has 2 aromatic rings. The molecule has 0 saturated heterocycles. The molecule has 1 heterocycles. The lowest BCUT2D eigenvalue weighted by molar-refractivity contribution is -0.136. The SMILES string of the molecule is Cc1cccc(O[C@H](C)C(=O)NNC(=O)[C@@H](O)c2cnn(C)c2)c1C. The monoisotopic (exact) mass is 346 g/mol. The molecule has 0 aliphatic heterocycles. The Balaban J connectivity index is 1.88. The molecule has 8 heteroatoms. The predicted molar refractivity (Wildman–Crippen MR) is 90.5 cm³/mol. The van der Waals surface area contributed by atoms with Gasteiger partial charge in [-0.25, -0.2) is 0 Å². The fraction of sp³-hybridized carbons (Fsp3) is 0.353. The number of carbonyl (C=O) groups is 2. The lowest BCUT2D eigenvalue weighted by Crippen LogP contribution is -2.48. The van der Waals surface area contributed by atoms with Gasteiger partial charge >= 0.3 is 0 Å². The van der Waals surface area contributed by atoms with Gasteiger partial charge in [-0.05, 0) is 38.0 Å². The number of ether oxygens (including phenoxy) is 1. The minimum Gasteiger partial charge on any atom is -0.481 e. The minimum atomic E-state index is -1.43. The topological polar surface area (TPSA) is 105 Å². The van der Waals surface area contributed by atoms with E-state index >= 15 is 0 Å². The largest absolute Gasteiger partial charge is 0.481 e. The van der Waals surface area contributed by atoms with Crippen molar-refractivity contribution in [2.75, 3.05) is 0 Å². The van der Waals surface area contributed by atoms with Crippen LogP contribution in [-0.2, 0) is 16.6 Å². The number of hydrazine groups is 1. The van der Waals surface area contributed by atoms with E-state index in [0.29, 0.717) is 11.3 Å². The van der Waals surface area contributed by atoms with Crippen molar-refractivity contribution in [3.05, 3.63) is 47.3 Å². The summed E-state index contributed by atoms with van der Waals surface area (Å²) >= 11 is 0. The number of nitrogens with one attached hydrogen (secondary N) is 2. The van der Waals surface area contributed by atoms with E-state index in [-0.39, 0.29) is 0 Å². The van der Waals surface area contributed by atoms with Crippen LogP contribution in [0.3, 0.4) is 0 Å². The highest BCUT2D eigenvalue weighted by Crippen LogP contribution is 2.21. The molecule has 0 spiro atoms. The second-order valence-corrected chi connectivity index (χ2v) is 5.79. The number of hydrogen-bond acceptors (Lipinski definition) is 5. The molecule has 0 aliphatic rings. The molecule has 2 rings (SSSR count). The van der Waals surface area contributed by atoms with E-state index in [1.54, 1.807) is 20.0 Å². The van der Waals surface area contributed by atoms with Crippen molar-refractivity contribution in [2.24, 2.45) is 7.05 Å². The van der Waals surface area contributed by atoms with Crippen LogP contribution in [0.5, 0.6) is 5.75 Å². The lowest BCUT2D eigenvalue weighted by atomic mass is 10.1. The van der Waals surface area contributed by atoms with Crippen LogP contribution in [0.15, 0.2) is 30.6 Å². The first-order valence-electron chi connectivity index (χ1n) is 7.78. The molecule has 25 heavy (non-hydrogen) atoms. The van der Waals surface area contributed by atoms with Crippen LogP contribution < -0.4 is 15.6 Å². The molecule has 8 nitrogen and oxygen atoms in total. The van der Waals surface area contributed by atoms with Crippen LogP contribution in [0, 0.1) is 13.8 Å². The number of amides is 2. The number of aliphatic hydroxyl groups excluding tert-OH is 1. The van der Waals surface area contributed by atoms with Gasteiger partial charge in [-0.2, -0.15) is 5.10 Å². The van der Waals surface area contributed by atoms with Crippen molar-refractivity contribution in [1.29, 1.82) is 0 Å². The number of aliphatic hydroxyl groups is 1. The van der Waals surface area contributed by atoms with Gasteiger partial charge in [0.1, 0.15) is 5.75 Å². The maximum absolute atomic E-state index is 12.1. The first kappa shape index (κ1) is 18.5. The van der Waals surface area contributed by atoms with Crippen molar-refractivity contribution in [2.45, 2.75) is 33.0 Å². The highest BCUT2D eigenvalue weighted by atomic mass is 16.5. The standard InChI is InChI=1S/C17H22N4O4/c1-10-6-5-7-14(11(10)2)25-12(3)16(23)19-20-17(24)15(22)13-8-18-21(4)9-13/h5-9,12,15,22H,1-4H3,(H,19,23)(H,20,24)/t12-,15+/m1/s1. The van der Waals surface area contributed by atoms with E-state index < -0.39 is 24.0 Å². The normalized spacial score (nSPS) is 13.0. The van der Waals surface area contributed by atoms with Crippen LogP contribution in [0.1, 0.15) is 29.7 Å². The van der Waals surface area contributed by atoms with E-state index in [1.807, 2.05) is 26.0 Å². The summed E-state index contributed by atoms with van der Waals surface area (Å²) in [6.45, 7) is 5.43. The van der Waals surface area contributed by atoms with E-state index in [1.165, 1.54) is 17.1 Å². The van der Waals surface area contributed by atoms with E-state index in [0.717, 1.165) is 11.1 Å². The number of aryl methyl sites for hydroxylation is 2. The Kier molecular flexibility index (Phi) is 5.76. The summed E-state index contributed by atoms with van der Waals surface area (Å²) in [5.74, 6) is -0.697. The molecule has 0 fully saturated rings. The maximum atomic E-state index is 12.1. The van der Waals surface area contributed by atoms with E-state index in [9.17, 15) is 14.7 Å². The lowest BCUT2D eigenvalue weighted by Gasteiger charge is -2.18. The Morgan fingerprint density at radius 2 is 1.92 bits per heavy atom. The third-order valence-electron chi connectivity index (χ3n) is 3.83. The second kappa shape index (κ2) is 7.80. The number of nitrogens with zero attached hydrogens (tertiary/aromatic N) is 2. The molecule has 3 N–H and O–H groups in total. The van der Waals surface area contributed by atoms with Crippen molar-refractivity contribution in [1.82, 2.24) is 20.6 Å². The molecule has 134 valence electrons. The highest BCUT2D eigenvalue weighted by Gasteiger charge is 2.21. The van der Waals surface area contributed by atoms with Gasteiger partial charge < -0.3 is 9.84 Å². The Morgan fingerprint density at radius 3 is 2.56 bits per heavy atom. The molecule has 0 aliphatic carbocycles. The number of aromatic nitrogens is 2. The molecule has 0 saturated carbocycles. The van der Waals surface area contributed by atoms with Crippen molar-refractivity contribution in [3.8, 4) is 5.75 Å². The fourth-order valence-corrected chi connectivity index (χ4v) is 2.12. The molecule has 0 bridgehead atoms. The maximum Gasteiger partial charge on any atom is 0.279 e. The predicted octanol–water partition coefficient (Wildman–Crippen LogP) is 0.685. The van der Waals surface area contributed by atoms with Crippen molar-refractivity contribution >= 4 is 11.8 Å². The average molecular weight is 346 g/mol. The first-order chi connectivity index (χ1) is 11.8. The summed E-state index contributed by atoms with van der Waals surface area (Å²) in [5.41, 5.74) is 6.74. The van der Waals surface area contributed by atoms with Gasteiger partial charge in [-0.3, -0.25) is 25.1 Å². The fourth-order valence-electron chi connectivity index (χ4n) is 2.12. The zero-order valence-electron chi connectivity index (χ0n) is 14.6. The Morgan fingerprint density at radius 1 is 1.24 bits per heavy atom. The summed E-state index contributed by atoms with van der Waals surface area (Å²) < 4.78 is 7.09. The molecule has 0 unspecified atom stereocenters. The van der Waals surface area contributed by atoms with Crippen LogP contribution in [0.25, 0.3) is 0 Å². The van der Waals surface area contributed by atoms with E-state index in [4.69, 9.17) is 4.74 Å². The van der Waals surface area contributed by atoms with Gasteiger partial charge in [0.2, 0.25) is 0 Å². The van der Waals surface area contributed by atoms with Crippen LogP contribution in [0.4, 0.5) is 0 Å². The van der Waals surface area contributed by atoms with Crippen LogP contribution >= 0.6 is 0 Å². The Bertz CT molecular complexity index is 772. The quantitative estimate of drug-likeness (QED) is 0.691. The zero-order valence-corrected chi connectivity index (χ0v) is 14.6. The number of rotatable bonds is 5. The van der Waals surface area contributed by atoms with Gasteiger partial charge in [-0.15, -0.1) is 0 Å². The summed E-state index contributed by atoms with van der Waals surface area (Å²) in [6.07, 6.45) is 0.636.